The first-order chi connectivity index (χ1) is 16.5. The molecule has 34 heavy (non-hydrogen) atoms. The number of likely N-dealkylation sites (tertiary alicyclic amines) is 1. The summed E-state index contributed by atoms with van der Waals surface area (Å²) < 4.78 is 22.1. The number of aromatic nitrogens is 2. The van der Waals surface area contributed by atoms with Crippen molar-refractivity contribution in [1.29, 1.82) is 0 Å². The van der Waals surface area contributed by atoms with Crippen molar-refractivity contribution in [1.82, 2.24) is 19.7 Å². The molecule has 0 spiro atoms. The summed E-state index contributed by atoms with van der Waals surface area (Å²) in [6.45, 7) is 4.16. The third-order valence-electron chi connectivity index (χ3n) is 6.77. The summed E-state index contributed by atoms with van der Waals surface area (Å²) in [6.07, 6.45) is 9.25. The van der Waals surface area contributed by atoms with Gasteiger partial charge in [-0.05, 0) is 24.3 Å². The molecule has 0 bridgehead atoms. The van der Waals surface area contributed by atoms with Gasteiger partial charge in [0.05, 0.1) is 62.0 Å². The highest BCUT2D eigenvalue weighted by molar-refractivity contribution is 5.93. The first-order valence-electron chi connectivity index (χ1n) is 11.4. The number of hydrazine groups is 1. The van der Waals surface area contributed by atoms with Crippen molar-refractivity contribution < 1.29 is 13.9 Å². The fourth-order valence-corrected chi connectivity index (χ4v) is 5.06. The van der Waals surface area contributed by atoms with E-state index in [0.29, 0.717) is 36.3 Å². The first kappa shape index (κ1) is 21.1. The number of ether oxygens (including phenoxy) is 1. The fraction of sp³-hybridized carbons (Fsp3) is 0.375. The van der Waals surface area contributed by atoms with E-state index in [4.69, 9.17) is 4.74 Å². The number of rotatable bonds is 5. The lowest BCUT2D eigenvalue weighted by atomic mass is 10.0. The maximum atomic E-state index is 14.9. The molecule has 9 nitrogen and oxygen atoms in total. The van der Waals surface area contributed by atoms with Gasteiger partial charge in [0.25, 0.3) is 0 Å². The highest BCUT2D eigenvalue weighted by atomic mass is 19.1. The third-order valence-corrected chi connectivity index (χ3v) is 6.77. The van der Waals surface area contributed by atoms with E-state index in [1.165, 1.54) is 6.07 Å². The quantitative estimate of drug-likeness (QED) is 0.732. The summed E-state index contributed by atoms with van der Waals surface area (Å²) in [5, 5.41) is 10.8. The number of aryl methyl sites for hydroxylation is 1. The smallest absolute Gasteiger partial charge is 0.238 e. The van der Waals surface area contributed by atoms with Crippen LogP contribution in [0, 0.1) is 17.7 Å². The van der Waals surface area contributed by atoms with Crippen LogP contribution in [0.2, 0.25) is 0 Å². The molecule has 1 N–H and O–H groups in total. The van der Waals surface area contributed by atoms with Crippen molar-refractivity contribution in [2.45, 2.75) is 0 Å². The molecule has 5 heterocycles. The molecule has 1 aromatic heterocycles. The summed E-state index contributed by atoms with van der Waals surface area (Å²) in [5.74, 6) is 0.598. The van der Waals surface area contributed by atoms with Gasteiger partial charge in [0, 0.05) is 49.4 Å². The van der Waals surface area contributed by atoms with Crippen LogP contribution in [0.4, 0.5) is 15.8 Å². The van der Waals surface area contributed by atoms with Gasteiger partial charge in [-0.3, -0.25) is 29.4 Å². The van der Waals surface area contributed by atoms with Crippen LogP contribution in [0.3, 0.4) is 0 Å². The standard InChI is InChI=1S/C24H26FN7O2/c1-29-9-16(7-27-29)22-12-32-20(8-26-22)4-5-31(32)23-6-19(2-3-21(23)25)28-24(33)13-30-10-17-14-34-15-18(17)11-30/h2-4,6-9,12,17-18H,5,10-11,13-15H2,1H3,(H,28,33). The van der Waals surface area contributed by atoms with Crippen LogP contribution in [0.25, 0.3) is 5.70 Å². The molecule has 0 aliphatic carbocycles. The Labute approximate surface area is 196 Å². The Morgan fingerprint density at radius 1 is 1.26 bits per heavy atom. The summed E-state index contributed by atoms with van der Waals surface area (Å²) in [7, 11) is 1.85. The van der Waals surface area contributed by atoms with E-state index < -0.39 is 0 Å². The first-order valence-corrected chi connectivity index (χ1v) is 11.4. The second-order valence-electron chi connectivity index (χ2n) is 9.20. The van der Waals surface area contributed by atoms with Gasteiger partial charge in [-0.25, -0.2) is 4.39 Å². The van der Waals surface area contributed by atoms with E-state index in [0.717, 1.165) is 43.3 Å². The van der Waals surface area contributed by atoms with Crippen molar-refractivity contribution in [3.05, 3.63) is 59.9 Å². The average Bonchev–Trinajstić information content (AvgIpc) is 3.58. The molecule has 1 amide bonds. The van der Waals surface area contributed by atoms with Gasteiger partial charge < -0.3 is 10.1 Å². The number of hydrogen-bond donors (Lipinski definition) is 1. The second-order valence-corrected chi connectivity index (χ2v) is 9.20. The Morgan fingerprint density at radius 2 is 2.09 bits per heavy atom. The van der Waals surface area contributed by atoms with E-state index >= 15 is 0 Å². The van der Waals surface area contributed by atoms with E-state index in [-0.39, 0.29) is 11.7 Å². The molecule has 10 heteroatoms. The van der Waals surface area contributed by atoms with Crippen molar-refractivity contribution in [2.75, 3.05) is 49.7 Å². The predicted octanol–water partition coefficient (Wildman–Crippen LogP) is 2.08. The number of benzene rings is 1. The van der Waals surface area contributed by atoms with Crippen LogP contribution >= 0.6 is 0 Å². The number of fused-ring (bicyclic) bond motifs is 2. The largest absolute Gasteiger partial charge is 0.381 e. The zero-order valence-electron chi connectivity index (χ0n) is 18.9. The molecule has 0 saturated carbocycles. The lowest BCUT2D eigenvalue weighted by Crippen LogP contribution is -2.36. The van der Waals surface area contributed by atoms with Crippen molar-refractivity contribution in [3.8, 4) is 0 Å². The molecule has 2 saturated heterocycles. The summed E-state index contributed by atoms with van der Waals surface area (Å²) in [6, 6.07) is 4.67. The van der Waals surface area contributed by atoms with Gasteiger partial charge in [-0.1, -0.05) is 0 Å². The van der Waals surface area contributed by atoms with Gasteiger partial charge in [-0.2, -0.15) is 5.10 Å². The van der Waals surface area contributed by atoms with Gasteiger partial charge in [0.15, 0.2) is 0 Å². The Balaban J connectivity index is 1.17. The molecule has 4 aliphatic heterocycles. The Hall–Kier alpha value is -3.50. The number of allylic oxidation sites excluding steroid dienone is 1. The number of anilines is 2. The molecular weight excluding hydrogens is 437 g/mol. The Kier molecular flexibility index (Phi) is 5.19. The number of nitrogens with one attached hydrogen (secondary N) is 1. The molecule has 0 radical (unpaired) electrons. The van der Waals surface area contributed by atoms with Crippen LogP contribution in [0.1, 0.15) is 5.56 Å². The highest BCUT2D eigenvalue weighted by Crippen LogP contribution is 2.33. The number of carbonyl (C=O) groups excluding carboxylic acids is 1. The SMILES string of the molecule is Cn1cc(C2=CN3C(=CCN3c3cc(NC(=O)CN4CC5COCC5C4)ccc3F)C=N2)cn1. The van der Waals surface area contributed by atoms with Crippen molar-refractivity contribution in [3.63, 3.8) is 0 Å². The summed E-state index contributed by atoms with van der Waals surface area (Å²) >= 11 is 0. The van der Waals surface area contributed by atoms with E-state index in [1.807, 2.05) is 35.5 Å². The normalized spacial score (nSPS) is 23.7. The third kappa shape index (κ3) is 3.88. The molecule has 4 aliphatic rings. The molecule has 2 atom stereocenters. The molecule has 1 aromatic carbocycles. The maximum Gasteiger partial charge on any atom is 0.238 e. The number of nitrogens with zero attached hydrogens (tertiary/aromatic N) is 6. The molecular formula is C24H26FN7O2. The van der Waals surface area contributed by atoms with E-state index in [2.05, 4.69) is 20.3 Å². The average molecular weight is 464 g/mol. The number of carbonyl (C=O) groups is 1. The minimum atomic E-state index is -0.362. The topological polar surface area (TPSA) is 78.2 Å². The number of amides is 1. The van der Waals surface area contributed by atoms with E-state index in [9.17, 15) is 9.18 Å². The zero-order chi connectivity index (χ0) is 23.2. The minimum absolute atomic E-state index is 0.0949. The van der Waals surface area contributed by atoms with Crippen LogP contribution in [0.15, 0.2) is 53.6 Å². The lowest BCUT2D eigenvalue weighted by Gasteiger charge is -2.32. The zero-order valence-corrected chi connectivity index (χ0v) is 18.9. The molecule has 6 rings (SSSR count). The summed E-state index contributed by atoms with van der Waals surface area (Å²) in [5.41, 5.74) is 3.44. The van der Waals surface area contributed by atoms with Crippen molar-refractivity contribution >= 4 is 29.2 Å². The number of hydrogen-bond acceptors (Lipinski definition) is 7. The van der Waals surface area contributed by atoms with Gasteiger partial charge in [0.1, 0.15) is 5.82 Å². The van der Waals surface area contributed by atoms with Gasteiger partial charge in [-0.15, -0.1) is 0 Å². The van der Waals surface area contributed by atoms with Crippen LogP contribution < -0.4 is 10.3 Å². The molecule has 2 fully saturated rings. The van der Waals surface area contributed by atoms with E-state index in [1.54, 1.807) is 29.2 Å². The number of halogens is 1. The lowest BCUT2D eigenvalue weighted by molar-refractivity contribution is -0.117. The Bertz CT molecular complexity index is 1210. The highest BCUT2D eigenvalue weighted by Gasteiger charge is 2.37. The second kappa shape index (κ2) is 8.37. The molecule has 176 valence electrons. The monoisotopic (exact) mass is 463 g/mol. The van der Waals surface area contributed by atoms with Crippen LogP contribution in [0.5, 0.6) is 0 Å². The van der Waals surface area contributed by atoms with Crippen molar-refractivity contribution in [2.24, 2.45) is 23.9 Å². The van der Waals surface area contributed by atoms with Crippen LogP contribution in [-0.2, 0) is 16.6 Å². The predicted molar refractivity (Wildman–Crippen MR) is 126 cm³/mol. The Morgan fingerprint density at radius 3 is 2.85 bits per heavy atom. The van der Waals surface area contributed by atoms with Crippen LogP contribution in [-0.4, -0.2) is 71.2 Å². The summed E-state index contributed by atoms with van der Waals surface area (Å²) in [4.78, 5) is 19.4. The van der Waals surface area contributed by atoms with Gasteiger partial charge in [0.2, 0.25) is 5.91 Å². The molecule has 2 unspecified atom stereocenters. The minimum Gasteiger partial charge on any atom is -0.381 e. The molecule has 2 aromatic rings. The maximum absolute atomic E-state index is 14.9. The number of aliphatic imine (C=N–C) groups is 1. The van der Waals surface area contributed by atoms with Gasteiger partial charge >= 0.3 is 0 Å². The fourth-order valence-electron chi connectivity index (χ4n) is 5.06.